The summed E-state index contributed by atoms with van der Waals surface area (Å²) in [5.41, 5.74) is 0.957. The van der Waals surface area contributed by atoms with E-state index in [9.17, 15) is 4.79 Å². The van der Waals surface area contributed by atoms with Crippen LogP contribution in [0.2, 0.25) is 0 Å². The van der Waals surface area contributed by atoms with Crippen molar-refractivity contribution in [3.05, 3.63) is 54.6 Å². The van der Waals surface area contributed by atoms with E-state index in [4.69, 9.17) is 0 Å². The quantitative estimate of drug-likeness (QED) is 0.838. The SMILES string of the molecule is O=C(CCc1ccccn1)NCCn1cccc1. The topological polar surface area (TPSA) is 46.9 Å². The summed E-state index contributed by atoms with van der Waals surface area (Å²) >= 11 is 0. The van der Waals surface area contributed by atoms with Gasteiger partial charge < -0.3 is 9.88 Å². The van der Waals surface area contributed by atoms with Gasteiger partial charge in [-0.15, -0.1) is 0 Å². The molecule has 0 aliphatic rings. The van der Waals surface area contributed by atoms with Gasteiger partial charge in [0.05, 0.1) is 0 Å². The minimum absolute atomic E-state index is 0.0767. The number of aryl methyl sites for hydroxylation is 1. The summed E-state index contributed by atoms with van der Waals surface area (Å²) in [6.07, 6.45) is 6.90. The van der Waals surface area contributed by atoms with Crippen LogP contribution in [0.4, 0.5) is 0 Å². The van der Waals surface area contributed by atoms with E-state index in [0.29, 0.717) is 19.4 Å². The average molecular weight is 243 g/mol. The summed E-state index contributed by atoms with van der Waals surface area (Å²) in [5.74, 6) is 0.0767. The lowest BCUT2D eigenvalue weighted by Gasteiger charge is -2.06. The lowest BCUT2D eigenvalue weighted by atomic mass is 10.2. The second-order valence-electron chi connectivity index (χ2n) is 4.09. The van der Waals surface area contributed by atoms with Crippen LogP contribution >= 0.6 is 0 Å². The molecule has 2 rings (SSSR count). The van der Waals surface area contributed by atoms with E-state index < -0.39 is 0 Å². The molecule has 0 aliphatic carbocycles. The normalized spacial score (nSPS) is 10.2. The highest BCUT2D eigenvalue weighted by atomic mass is 16.1. The van der Waals surface area contributed by atoms with Crippen LogP contribution in [0.15, 0.2) is 48.9 Å². The molecule has 0 radical (unpaired) electrons. The van der Waals surface area contributed by atoms with Crippen molar-refractivity contribution in [3.8, 4) is 0 Å². The minimum atomic E-state index is 0.0767. The van der Waals surface area contributed by atoms with Crippen LogP contribution in [0.5, 0.6) is 0 Å². The second-order valence-corrected chi connectivity index (χ2v) is 4.09. The predicted molar refractivity (Wildman–Crippen MR) is 70.0 cm³/mol. The smallest absolute Gasteiger partial charge is 0.220 e. The maximum absolute atomic E-state index is 11.6. The van der Waals surface area contributed by atoms with Gasteiger partial charge in [-0.3, -0.25) is 9.78 Å². The molecule has 2 aromatic heterocycles. The fourth-order valence-electron chi connectivity index (χ4n) is 1.72. The molecule has 1 N–H and O–H groups in total. The first kappa shape index (κ1) is 12.4. The van der Waals surface area contributed by atoms with Crippen LogP contribution in [-0.4, -0.2) is 22.0 Å². The number of nitrogens with zero attached hydrogens (tertiary/aromatic N) is 2. The molecular formula is C14H17N3O. The molecule has 0 unspecified atom stereocenters. The van der Waals surface area contributed by atoms with Crippen molar-refractivity contribution >= 4 is 5.91 Å². The third-order valence-electron chi connectivity index (χ3n) is 2.69. The Morgan fingerprint density at radius 3 is 2.78 bits per heavy atom. The highest BCUT2D eigenvalue weighted by molar-refractivity contribution is 5.76. The van der Waals surface area contributed by atoms with Crippen LogP contribution in [0, 0.1) is 0 Å². The molecule has 0 aliphatic heterocycles. The number of aromatic nitrogens is 2. The van der Waals surface area contributed by atoms with Crippen LogP contribution in [0.1, 0.15) is 12.1 Å². The van der Waals surface area contributed by atoms with E-state index in [2.05, 4.69) is 10.3 Å². The summed E-state index contributed by atoms with van der Waals surface area (Å²) in [4.78, 5) is 15.8. The molecular weight excluding hydrogens is 226 g/mol. The van der Waals surface area contributed by atoms with Gasteiger partial charge in [0, 0.05) is 43.8 Å². The number of carbonyl (C=O) groups excluding carboxylic acids is 1. The van der Waals surface area contributed by atoms with Crippen molar-refractivity contribution < 1.29 is 4.79 Å². The molecule has 0 spiro atoms. The van der Waals surface area contributed by atoms with Crippen LogP contribution in [0.25, 0.3) is 0 Å². The molecule has 18 heavy (non-hydrogen) atoms. The summed E-state index contributed by atoms with van der Waals surface area (Å²) in [6.45, 7) is 1.47. The van der Waals surface area contributed by atoms with Gasteiger partial charge in [-0.25, -0.2) is 0 Å². The van der Waals surface area contributed by atoms with Gasteiger partial charge >= 0.3 is 0 Å². The van der Waals surface area contributed by atoms with E-state index in [1.165, 1.54) is 0 Å². The van der Waals surface area contributed by atoms with E-state index in [-0.39, 0.29) is 5.91 Å². The summed E-state index contributed by atoms with van der Waals surface area (Å²) in [5, 5.41) is 2.90. The maximum Gasteiger partial charge on any atom is 0.220 e. The number of pyridine rings is 1. The highest BCUT2D eigenvalue weighted by Gasteiger charge is 2.02. The Balaban J connectivity index is 1.63. The number of amides is 1. The molecule has 0 aromatic carbocycles. The van der Waals surface area contributed by atoms with Crippen LogP contribution < -0.4 is 5.32 Å². The standard InChI is InChI=1S/C14H17N3O/c18-14(7-6-13-5-1-2-8-15-13)16-9-12-17-10-3-4-11-17/h1-5,8,10-11H,6-7,9,12H2,(H,16,18). The lowest BCUT2D eigenvalue weighted by Crippen LogP contribution is -2.27. The summed E-state index contributed by atoms with van der Waals surface area (Å²) in [6, 6.07) is 9.70. The number of hydrogen-bond acceptors (Lipinski definition) is 2. The van der Waals surface area contributed by atoms with Crippen molar-refractivity contribution in [2.45, 2.75) is 19.4 Å². The van der Waals surface area contributed by atoms with Gasteiger partial charge in [0.15, 0.2) is 0 Å². The summed E-state index contributed by atoms with van der Waals surface area (Å²) < 4.78 is 2.04. The molecule has 2 aromatic rings. The van der Waals surface area contributed by atoms with Gasteiger partial charge in [-0.05, 0) is 30.7 Å². The Bertz CT molecular complexity index is 465. The Kier molecular flexibility index (Phi) is 4.53. The number of rotatable bonds is 6. The van der Waals surface area contributed by atoms with Crippen molar-refractivity contribution in [2.24, 2.45) is 0 Å². The third kappa shape index (κ3) is 4.05. The first-order valence-electron chi connectivity index (χ1n) is 6.12. The molecule has 0 atom stereocenters. The second kappa shape index (κ2) is 6.59. The van der Waals surface area contributed by atoms with Crippen molar-refractivity contribution in [1.82, 2.24) is 14.9 Å². The largest absolute Gasteiger partial charge is 0.354 e. The van der Waals surface area contributed by atoms with Gasteiger partial charge in [0.25, 0.3) is 0 Å². The molecule has 4 heteroatoms. The first-order valence-corrected chi connectivity index (χ1v) is 6.12. The molecule has 1 amide bonds. The Morgan fingerprint density at radius 2 is 2.06 bits per heavy atom. The summed E-state index contributed by atoms with van der Waals surface area (Å²) in [7, 11) is 0. The third-order valence-corrected chi connectivity index (χ3v) is 2.69. The lowest BCUT2D eigenvalue weighted by molar-refractivity contribution is -0.121. The fraction of sp³-hybridized carbons (Fsp3) is 0.286. The van der Waals surface area contributed by atoms with Gasteiger partial charge in [-0.1, -0.05) is 6.07 Å². The van der Waals surface area contributed by atoms with E-state index in [1.54, 1.807) is 6.20 Å². The molecule has 0 saturated heterocycles. The Morgan fingerprint density at radius 1 is 1.22 bits per heavy atom. The van der Waals surface area contributed by atoms with Crippen LogP contribution in [-0.2, 0) is 17.8 Å². The van der Waals surface area contributed by atoms with Crippen LogP contribution in [0.3, 0.4) is 0 Å². The molecule has 4 nitrogen and oxygen atoms in total. The van der Waals surface area contributed by atoms with Gasteiger partial charge in [-0.2, -0.15) is 0 Å². The average Bonchev–Trinajstić information content (AvgIpc) is 2.91. The highest BCUT2D eigenvalue weighted by Crippen LogP contribution is 1.98. The van der Waals surface area contributed by atoms with Gasteiger partial charge in [0.2, 0.25) is 5.91 Å². The van der Waals surface area contributed by atoms with Crippen molar-refractivity contribution in [2.75, 3.05) is 6.54 Å². The molecule has 2 heterocycles. The van der Waals surface area contributed by atoms with Crippen molar-refractivity contribution in [1.29, 1.82) is 0 Å². The molecule has 0 bridgehead atoms. The number of carbonyl (C=O) groups is 1. The minimum Gasteiger partial charge on any atom is -0.354 e. The zero-order valence-electron chi connectivity index (χ0n) is 10.2. The fourth-order valence-corrected chi connectivity index (χ4v) is 1.72. The first-order chi connectivity index (χ1) is 8.84. The van der Waals surface area contributed by atoms with Crippen molar-refractivity contribution in [3.63, 3.8) is 0 Å². The molecule has 0 fully saturated rings. The van der Waals surface area contributed by atoms with E-state index in [1.807, 2.05) is 47.3 Å². The predicted octanol–water partition coefficient (Wildman–Crippen LogP) is 1.63. The monoisotopic (exact) mass is 243 g/mol. The maximum atomic E-state index is 11.6. The van der Waals surface area contributed by atoms with E-state index >= 15 is 0 Å². The molecule has 0 saturated carbocycles. The zero-order chi connectivity index (χ0) is 12.6. The van der Waals surface area contributed by atoms with Gasteiger partial charge in [0.1, 0.15) is 0 Å². The van der Waals surface area contributed by atoms with E-state index in [0.717, 1.165) is 12.2 Å². The number of nitrogens with one attached hydrogen (secondary N) is 1. The zero-order valence-corrected chi connectivity index (χ0v) is 10.2. The Labute approximate surface area is 107 Å². The molecule has 94 valence electrons. The Hall–Kier alpha value is -2.10. The number of hydrogen-bond donors (Lipinski definition) is 1.